The summed E-state index contributed by atoms with van der Waals surface area (Å²) < 4.78 is 41.7. The van der Waals surface area contributed by atoms with Crippen molar-refractivity contribution in [3.8, 4) is 5.75 Å². The van der Waals surface area contributed by atoms with Crippen molar-refractivity contribution >= 4 is 5.91 Å². The van der Waals surface area contributed by atoms with Gasteiger partial charge in [0.05, 0.1) is 5.60 Å². The molecule has 4 rings (SSSR count). The molecule has 1 aromatic rings. The third-order valence-corrected chi connectivity index (χ3v) is 6.24. The predicted molar refractivity (Wildman–Crippen MR) is 91.9 cm³/mol. The van der Waals surface area contributed by atoms with E-state index in [-0.39, 0.29) is 23.0 Å². The summed E-state index contributed by atoms with van der Waals surface area (Å²) in [5.41, 5.74) is 0.0292. The van der Waals surface area contributed by atoms with Crippen LogP contribution in [0.1, 0.15) is 38.2 Å². The molecular weight excluding hydrogens is 359 g/mol. The molecule has 0 atom stereocenters. The number of aliphatic hydroxyl groups is 1. The molecule has 1 spiro atoms. The van der Waals surface area contributed by atoms with Crippen LogP contribution in [0.25, 0.3) is 0 Å². The normalized spacial score (nSPS) is 29.7. The number of ether oxygens (including phenoxy) is 1. The molecule has 0 unspecified atom stereocenters. The van der Waals surface area contributed by atoms with Crippen molar-refractivity contribution in [1.82, 2.24) is 4.90 Å². The lowest BCUT2D eigenvalue weighted by molar-refractivity contribution is -0.275. The molecule has 27 heavy (non-hydrogen) atoms. The van der Waals surface area contributed by atoms with Crippen molar-refractivity contribution in [2.75, 3.05) is 13.1 Å². The van der Waals surface area contributed by atoms with Gasteiger partial charge in [-0.3, -0.25) is 4.79 Å². The average Bonchev–Trinajstić information content (AvgIpc) is 2.45. The molecule has 2 saturated carbocycles. The lowest BCUT2D eigenvalue weighted by Crippen LogP contribution is -2.66. The minimum Gasteiger partial charge on any atom is -0.406 e. The van der Waals surface area contributed by atoms with E-state index < -0.39 is 12.0 Å². The highest BCUT2D eigenvalue weighted by molar-refractivity contribution is 5.81. The number of carbonyl (C=O) groups excluding carboxylic acids is 1. The highest BCUT2D eigenvalue weighted by Crippen LogP contribution is 2.54. The summed E-state index contributed by atoms with van der Waals surface area (Å²) >= 11 is 0. The van der Waals surface area contributed by atoms with E-state index >= 15 is 0 Å². The van der Waals surface area contributed by atoms with Gasteiger partial charge >= 0.3 is 6.36 Å². The summed E-state index contributed by atoms with van der Waals surface area (Å²) in [4.78, 5) is 14.2. The first-order valence-corrected chi connectivity index (χ1v) is 9.39. The van der Waals surface area contributed by atoms with Crippen LogP contribution in [0.4, 0.5) is 13.2 Å². The maximum absolute atomic E-state index is 12.5. The van der Waals surface area contributed by atoms with Crippen LogP contribution in [0, 0.1) is 17.3 Å². The van der Waals surface area contributed by atoms with Gasteiger partial charge in [-0.05, 0) is 56.6 Å². The van der Waals surface area contributed by atoms with E-state index in [1.165, 1.54) is 6.07 Å². The molecule has 2 aliphatic carbocycles. The maximum Gasteiger partial charge on any atom is 0.573 e. The highest BCUT2D eigenvalue weighted by atomic mass is 19.4. The van der Waals surface area contributed by atoms with Gasteiger partial charge in [-0.2, -0.15) is 0 Å². The molecule has 1 aliphatic heterocycles. The van der Waals surface area contributed by atoms with Gasteiger partial charge in [0.1, 0.15) is 5.75 Å². The van der Waals surface area contributed by atoms with Gasteiger partial charge in [0, 0.05) is 24.4 Å². The standard InChI is InChI=1S/C20H24F3NO3/c1-18(26)9-15(10-18)17(25)24-11-19(12-24)7-13(8-19)6-14-4-2-3-5-16(14)27-20(21,22)23/h2-5,13,15,26H,6-12H2,1H3. The van der Waals surface area contributed by atoms with Crippen LogP contribution in [-0.4, -0.2) is 41.0 Å². The van der Waals surface area contributed by atoms with E-state index in [2.05, 4.69) is 4.74 Å². The Morgan fingerprint density at radius 1 is 1.22 bits per heavy atom. The first-order chi connectivity index (χ1) is 12.5. The molecule has 0 bridgehead atoms. The monoisotopic (exact) mass is 383 g/mol. The van der Waals surface area contributed by atoms with Gasteiger partial charge in [0.25, 0.3) is 0 Å². The van der Waals surface area contributed by atoms with Gasteiger partial charge < -0.3 is 14.7 Å². The topological polar surface area (TPSA) is 49.8 Å². The minimum absolute atomic E-state index is 0.0559. The second kappa shape index (κ2) is 6.12. The van der Waals surface area contributed by atoms with Gasteiger partial charge in [-0.25, -0.2) is 0 Å². The Morgan fingerprint density at radius 2 is 1.85 bits per heavy atom. The zero-order chi connectivity index (χ0) is 19.4. The summed E-state index contributed by atoms with van der Waals surface area (Å²) in [6, 6.07) is 6.31. The molecule has 148 valence electrons. The summed E-state index contributed by atoms with van der Waals surface area (Å²) in [6.45, 7) is 3.23. The first kappa shape index (κ1) is 18.6. The molecule has 3 aliphatic rings. The van der Waals surface area contributed by atoms with Crippen LogP contribution < -0.4 is 4.74 Å². The SMILES string of the molecule is CC1(O)CC(C(=O)N2CC3(CC(Cc4ccccc4OC(F)(F)F)C3)C2)C1. The number of likely N-dealkylation sites (tertiary alicyclic amines) is 1. The Kier molecular flexibility index (Phi) is 4.22. The number of benzene rings is 1. The smallest absolute Gasteiger partial charge is 0.406 e. The number of hydrogen-bond acceptors (Lipinski definition) is 3. The molecule has 0 aromatic heterocycles. The Balaban J connectivity index is 1.26. The van der Waals surface area contributed by atoms with E-state index in [0.29, 0.717) is 30.7 Å². The number of amides is 1. The number of halogens is 3. The molecule has 7 heteroatoms. The Labute approximate surface area is 156 Å². The summed E-state index contributed by atoms with van der Waals surface area (Å²) in [5, 5.41) is 9.78. The second-order valence-corrected chi connectivity index (χ2v) is 8.93. The van der Waals surface area contributed by atoms with Crippen molar-refractivity contribution in [3.05, 3.63) is 29.8 Å². The lowest BCUT2D eigenvalue weighted by Gasteiger charge is -2.60. The Bertz CT molecular complexity index is 724. The largest absolute Gasteiger partial charge is 0.573 e. The quantitative estimate of drug-likeness (QED) is 0.866. The number of carbonyl (C=O) groups is 1. The third-order valence-electron chi connectivity index (χ3n) is 6.24. The van der Waals surface area contributed by atoms with Crippen molar-refractivity contribution in [3.63, 3.8) is 0 Å². The average molecular weight is 383 g/mol. The summed E-state index contributed by atoms with van der Waals surface area (Å²) in [6.07, 6.45) is -1.19. The number of alkyl halides is 3. The zero-order valence-electron chi connectivity index (χ0n) is 15.3. The van der Waals surface area contributed by atoms with Gasteiger partial charge in [-0.15, -0.1) is 13.2 Å². The minimum atomic E-state index is -4.68. The van der Waals surface area contributed by atoms with Crippen molar-refractivity contribution < 1.29 is 27.8 Å². The lowest BCUT2D eigenvalue weighted by atomic mass is 9.56. The second-order valence-electron chi connectivity index (χ2n) is 8.93. The van der Waals surface area contributed by atoms with E-state index in [0.717, 1.165) is 25.9 Å². The van der Waals surface area contributed by atoms with E-state index in [1.807, 2.05) is 4.90 Å². The van der Waals surface area contributed by atoms with E-state index in [9.17, 15) is 23.1 Å². The van der Waals surface area contributed by atoms with Crippen molar-refractivity contribution in [1.29, 1.82) is 0 Å². The number of para-hydroxylation sites is 1. The summed E-state index contributed by atoms with van der Waals surface area (Å²) in [5.74, 6) is 0.289. The molecule has 4 nitrogen and oxygen atoms in total. The van der Waals surface area contributed by atoms with E-state index in [1.54, 1.807) is 25.1 Å². The van der Waals surface area contributed by atoms with Crippen LogP contribution in [0.2, 0.25) is 0 Å². The molecule has 1 N–H and O–H groups in total. The fourth-order valence-electron chi connectivity index (χ4n) is 5.13. The number of hydrogen-bond donors (Lipinski definition) is 1. The molecular formula is C20H24F3NO3. The zero-order valence-corrected chi connectivity index (χ0v) is 15.3. The van der Waals surface area contributed by atoms with Gasteiger partial charge in [-0.1, -0.05) is 18.2 Å². The van der Waals surface area contributed by atoms with Crippen molar-refractivity contribution in [2.45, 2.75) is 51.0 Å². The number of rotatable bonds is 4. The van der Waals surface area contributed by atoms with Crippen LogP contribution in [0.5, 0.6) is 5.75 Å². The van der Waals surface area contributed by atoms with Crippen LogP contribution in [-0.2, 0) is 11.2 Å². The fourth-order valence-corrected chi connectivity index (χ4v) is 5.13. The Hall–Kier alpha value is -1.76. The molecule has 1 amide bonds. The van der Waals surface area contributed by atoms with Crippen LogP contribution in [0.15, 0.2) is 24.3 Å². The van der Waals surface area contributed by atoms with Crippen LogP contribution in [0.3, 0.4) is 0 Å². The molecule has 3 fully saturated rings. The molecule has 0 radical (unpaired) electrons. The fraction of sp³-hybridized carbons (Fsp3) is 0.650. The third kappa shape index (κ3) is 3.79. The van der Waals surface area contributed by atoms with Crippen molar-refractivity contribution in [2.24, 2.45) is 17.3 Å². The molecule has 1 saturated heterocycles. The number of nitrogens with zero attached hydrogens (tertiary/aromatic N) is 1. The predicted octanol–water partition coefficient (Wildman–Crippen LogP) is 3.53. The highest BCUT2D eigenvalue weighted by Gasteiger charge is 2.55. The van der Waals surface area contributed by atoms with Gasteiger partial charge in [0.2, 0.25) is 5.91 Å². The first-order valence-electron chi connectivity index (χ1n) is 9.39. The Morgan fingerprint density at radius 3 is 2.44 bits per heavy atom. The molecule has 1 heterocycles. The van der Waals surface area contributed by atoms with E-state index in [4.69, 9.17) is 0 Å². The van der Waals surface area contributed by atoms with Gasteiger partial charge in [0.15, 0.2) is 0 Å². The maximum atomic E-state index is 12.5. The summed E-state index contributed by atoms with van der Waals surface area (Å²) in [7, 11) is 0. The molecule has 1 aromatic carbocycles. The van der Waals surface area contributed by atoms with Crippen LogP contribution >= 0.6 is 0 Å².